The molecule has 1 fully saturated rings. The summed E-state index contributed by atoms with van der Waals surface area (Å²) < 4.78 is 22.6. The van der Waals surface area contributed by atoms with Gasteiger partial charge in [0.1, 0.15) is 0 Å². The summed E-state index contributed by atoms with van der Waals surface area (Å²) in [5.74, 6) is -1.34. The van der Waals surface area contributed by atoms with E-state index in [1.54, 1.807) is 6.92 Å². The Morgan fingerprint density at radius 2 is 1.89 bits per heavy atom. The SMILES string of the molecule is CCN(C(=O)C(=O)NC1CCS(=O)(=O)C1)C(C)(C)C. The summed E-state index contributed by atoms with van der Waals surface area (Å²) in [7, 11) is -3.06. The van der Waals surface area contributed by atoms with E-state index in [1.807, 2.05) is 20.8 Å². The van der Waals surface area contributed by atoms with E-state index in [0.717, 1.165) is 0 Å². The van der Waals surface area contributed by atoms with Crippen LogP contribution in [0.1, 0.15) is 34.1 Å². The third kappa shape index (κ3) is 4.19. The summed E-state index contributed by atoms with van der Waals surface area (Å²) in [5.41, 5.74) is -0.440. The van der Waals surface area contributed by atoms with Crippen LogP contribution in [0.25, 0.3) is 0 Å². The molecular weight excluding hydrogens is 268 g/mol. The third-order valence-corrected chi connectivity index (χ3v) is 4.90. The van der Waals surface area contributed by atoms with Crippen molar-refractivity contribution in [2.45, 2.75) is 45.7 Å². The minimum atomic E-state index is -3.06. The predicted octanol–water partition coefficient (Wildman–Crippen LogP) is -0.0633. The number of nitrogens with one attached hydrogen (secondary N) is 1. The highest BCUT2D eigenvalue weighted by Gasteiger charge is 2.34. The minimum Gasteiger partial charge on any atom is -0.344 e. The molecule has 0 aromatic carbocycles. The molecule has 6 nitrogen and oxygen atoms in total. The number of carbonyl (C=O) groups excluding carboxylic acids is 2. The van der Waals surface area contributed by atoms with E-state index >= 15 is 0 Å². The van der Waals surface area contributed by atoms with Gasteiger partial charge < -0.3 is 10.2 Å². The summed E-state index contributed by atoms with van der Waals surface area (Å²) in [6.07, 6.45) is 0.378. The topological polar surface area (TPSA) is 83.6 Å². The maximum atomic E-state index is 12.0. The number of sulfone groups is 1. The molecule has 2 amide bonds. The average molecular weight is 290 g/mol. The number of likely N-dealkylation sites (N-methyl/N-ethyl adjacent to an activating group) is 1. The second-order valence-electron chi connectivity index (χ2n) is 5.79. The van der Waals surface area contributed by atoms with Crippen LogP contribution in [0.5, 0.6) is 0 Å². The van der Waals surface area contributed by atoms with Gasteiger partial charge in [-0.25, -0.2) is 8.42 Å². The molecule has 19 heavy (non-hydrogen) atoms. The summed E-state index contributed by atoms with van der Waals surface area (Å²) in [6.45, 7) is 7.78. The number of amides is 2. The van der Waals surface area contributed by atoms with Crippen molar-refractivity contribution in [3.63, 3.8) is 0 Å². The molecule has 1 atom stereocenters. The zero-order chi connectivity index (χ0) is 14.8. The quantitative estimate of drug-likeness (QED) is 0.722. The first-order valence-corrected chi connectivity index (χ1v) is 8.22. The monoisotopic (exact) mass is 290 g/mol. The number of hydrogen-bond donors (Lipinski definition) is 1. The van der Waals surface area contributed by atoms with Gasteiger partial charge in [0.15, 0.2) is 9.84 Å². The lowest BCUT2D eigenvalue weighted by Gasteiger charge is -2.34. The van der Waals surface area contributed by atoms with Crippen molar-refractivity contribution in [2.24, 2.45) is 0 Å². The molecule has 1 aliphatic heterocycles. The maximum Gasteiger partial charge on any atom is 0.312 e. The first kappa shape index (κ1) is 15.9. The fraction of sp³-hybridized carbons (Fsp3) is 0.833. The number of nitrogens with zero attached hydrogens (tertiary/aromatic N) is 1. The molecule has 0 aliphatic carbocycles. The molecule has 0 bridgehead atoms. The van der Waals surface area contributed by atoms with Gasteiger partial charge in [-0.3, -0.25) is 9.59 Å². The molecule has 110 valence electrons. The summed E-state index contributed by atoms with van der Waals surface area (Å²) in [4.78, 5) is 25.4. The Bertz CT molecular complexity index is 465. The van der Waals surface area contributed by atoms with Crippen molar-refractivity contribution >= 4 is 21.7 Å². The Kier molecular flexibility index (Phi) is 4.60. The van der Waals surface area contributed by atoms with Crippen molar-refractivity contribution in [3.05, 3.63) is 0 Å². The van der Waals surface area contributed by atoms with Gasteiger partial charge >= 0.3 is 11.8 Å². The largest absolute Gasteiger partial charge is 0.344 e. The van der Waals surface area contributed by atoms with Crippen LogP contribution < -0.4 is 5.32 Å². The lowest BCUT2D eigenvalue weighted by Crippen LogP contribution is -2.53. The minimum absolute atomic E-state index is 0.0723. The van der Waals surface area contributed by atoms with Crippen LogP contribution >= 0.6 is 0 Å². The molecule has 1 heterocycles. The molecule has 0 aromatic heterocycles. The van der Waals surface area contributed by atoms with Gasteiger partial charge in [0.2, 0.25) is 0 Å². The normalized spacial score (nSPS) is 22.0. The summed E-state index contributed by atoms with van der Waals surface area (Å²) >= 11 is 0. The zero-order valence-corrected chi connectivity index (χ0v) is 12.7. The molecule has 0 saturated carbocycles. The molecule has 1 aliphatic rings. The van der Waals surface area contributed by atoms with Gasteiger partial charge in [-0.15, -0.1) is 0 Å². The fourth-order valence-electron chi connectivity index (χ4n) is 2.20. The highest BCUT2D eigenvalue weighted by atomic mass is 32.2. The van der Waals surface area contributed by atoms with Crippen LogP contribution in [-0.4, -0.2) is 54.8 Å². The van der Waals surface area contributed by atoms with Gasteiger partial charge in [0.25, 0.3) is 0 Å². The highest BCUT2D eigenvalue weighted by Crippen LogP contribution is 2.14. The molecule has 0 spiro atoms. The van der Waals surface area contributed by atoms with E-state index < -0.39 is 33.2 Å². The van der Waals surface area contributed by atoms with Crippen molar-refractivity contribution in [3.8, 4) is 0 Å². The van der Waals surface area contributed by atoms with Crippen molar-refractivity contribution in [1.29, 1.82) is 0 Å². The molecule has 7 heteroatoms. The van der Waals surface area contributed by atoms with Gasteiger partial charge in [0, 0.05) is 18.1 Å². The molecular formula is C12H22N2O4S. The van der Waals surface area contributed by atoms with E-state index in [-0.39, 0.29) is 11.5 Å². The van der Waals surface area contributed by atoms with E-state index in [1.165, 1.54) is 4.90 Å². The summed E-state index contributed by atoms with van der Waals surface area (Å²) in [5, 5.41) is 2.51. The predicted molar refractivity (Wildman–Crippen MR) is 72.3 cm³/mol. The number of hydrogen-bond acceptors (Lipinski definition) is 4. The Labute approximate surface area is 114 Å². The molecule has 0 aromatic rings. The first-order valence-electron chi connectivity index (χ1n) is 6.39. The van der Waals surface area contributed by atoms with Gasteiger partial charge in [-0.2, -0.15) is 0 Å². The van der Waals surface area contributed by atoms with Crippen LogP contribution in [0.2, 0.25) is 0 Å². The second-order valence-corrected chi connectivity index (χ2v) is 8.02. The number of rotatable bonds is 2. The van der Waals surface area contributed by atoms with Crippen molar-refractivity contribution < 1.29 is 18.0 Å². The van der Waals surface area contributed by atoms with E-state index in [4.69, 9.17) is 0 Å². The smallest absolute Gasteiger partial charge is 0.312 e. The standard InChI is InChI=1S/C12H22N2O4S/c1-5-14(12(2,3)4)11(16)10(15)13-9-6-7-19(17,18)8-9/h9H,5-8H2,1-4H3,(H,13,15). The van der Waals surface area contributed by atoms with E-state index in [9.17, 15) is 18.0 Å². The zero-order valence-electron chi connectivity index (χ0n) is 11.9. The number of carbonyl (C=O) groups is 2. The van der Waals surface area contributed by atoms with Crippen LogP contribution in [-0.2, 0) is 19.4 Å². The molecule has 1 saturated heterocycles. The van der Waals surface area contributed by atoms with Gasteiger partial charge in [0.05, 0.1) is 11.5 Å². The highest BCUT2D eigenvalue weighted by molar-refractivity contribution is 7.91. The van der Waals surface area contributed by atoms with E-state index in [2.05, 4.69) is 5.32 Å². The summed E-state index contributed by atoms with van der Waals surface area (Å²) in [6, 6.07) is -0.444. The Morgan fingerprint density at radius 1 is 1.32 bits per heavy atom. The van der Waals surface area contributed by atoms with Crippen molar-refractivity contribution in [2.75, 3.05) is 18.1 Å². The fourth-order valence-corrected chi connectivity index (χ4v) is 3.87. The van der Waals surface area contributed by atoms with Crippen LogP contribution in [0.3, 0.4) is 0 Å². The van der Waals surface area contributed by atoms with Crippen LogP contribution in [0.15, 0.2) is 0 Å². The van der Waals surface area contributed by atoms with Crippen molar-refractivity contribution in [1.82, 2.24) is 10.2 Å². The Morgan fingerprint density at radius 3 is 2.26 bits per heavy atom. The molecule has 1 unspecified atom stereocenters. The average Bonchev–Trinajstić information content (AvgIpc) is 2.56. The lowest BCUT2D eigenvalue weighted by molar-refractivity contribution is -0.149. The molecule has 1 N–H and O–H groups in total. The van der Waals surface area contributed by atoms with Gasteiger partial charge in [-0.1, -0.05) is 0 Å². The molecule has 1 rings (SSSR count). The van der Waals surface area contributed by atoms with E-state index in [0.29, 0.717) is 13.0 Å². The third-order valence-electron chi connectivity index (χ3n) is 3.13. The van der Waals surface area contributed by atoms with Crippen LogP contribution in [0.4, 0.5) is 0 Å². The Hall–Kier alpha value is -1.11. The molecule has 0 radical (unpaired) electrons. The van der Waals surface area contributed by atoms with Crippen LogP contribution in [0, 0.1) is 0 Å². The second kappa shape index (κ2) is 5.48. The van der Waals surface area contributed by atoms with Gasteiger partial charge in [-0.05, 0) is 34.1 Å². The lowest BCUT2D eigenvalue weighted by atomic mass is 10.1. The Balaban J connectivity index is 2.66. The maximum absolute atomic E-state index is 12.0. The first-order chi connectivity index (χ1) is 8.57.